The highest BCUT2D eigenvalue weighted by atomic mass is 16.3. The quantitative estimate of drug-likeness (QED) is 0.811. The summed E-state index contributed by atoms with van der Waals surface area (Å²) in [6.45, 7) is 13.3. The molecule has 2 unspecified atom stereocenters. The number of aliphatic hydroxyl groups excluding tert-OH is 1. The van der Waals surface area contributed by atoms with Gasteiger partial charge in [-0.2, -0.15) is 5.10 Å². The van der Waals surface area contributed by atoms with Gasteiger partial charge in [0, 0.05) is 23.8 Å². The predicted octanol–water partition coefficient (Wildman–Crippen LogP) is 2.45. The molecule has 0 aromatic carbocycles. The summed E-state index contributed by atoms with van der Waals surface area (Å²) in [6.07, 6.45) is 4.14. The fraction of sp³-hybridized carbons (Fsp3) is 0.786. The third-order valence-corrected chi connectivity index (χ3v) is 4.08. The van der Waals surface area contributed by atoms with Crippen LogP contribution in [0.3, 0.4) is 0 Å². The molecule has 4 heteroatoms. The van der Waals surface area contributed by atoms with Gasteiger partial charge in [0.2, 0.25) is 0 Å². The summed E-state index contributed by atoms with van der Waals surface area (Å²) in [5.74, 6) is 0. The molecule has 0 spiro atoms. The molecule has 1 N–H and O–H groups in total. The van der Waals surface area contributed by atoms with Gasteiger partial charge in [0.15, 0.2) is 0 Å². The van der Waals surface area contributed by atoms with Gasteiger partial charge in [0.25, 0.3) is 0 Å². The summed E-state index contributed by atoms with van der Waals surface area (Å²) >= 11 is 0. The lowest BCUT2D eigenvalue weighted by molar-refractivity contribution is -0.0214. The Morgan fingerprint density at radius 3 is 2.33 bits per heavy atom. The van der Waals surface area contributed by atoms with Crippen LogP contribution in [0.1, 0.15) is 52.7 Å². The Labute approximate surface area is 111 Å². The third-order valence-electron chi connectivity index (χ3n) is 4.08. The average Bonchev–Trinajstić information content (AvgIpc) is 2.87. The van der Waals surface area contributed by atoms with Gasteiger partial charge >= 0.3 is 0 Å². The molecule has 1 rings (SSSR count). The second kappa shape index (κ2) is 6.34. The molecule has 0 fully saturated rings. The van der Waals surface area contributed by atoms with Crippen molar-refractivity contribution in [1.29, 1.82) is 0 Å². The first-order valence-corrected chi connectivity index (χ1v) is 6.98. The molecule has 4 nitrogen and oxygen atoms in total. The van der Waals surface area contributed by atoms with Crippen molar-refractivity contribution >= 4 is 0 Å². The Hall–Kier alpha value is -0.870. The number of aryl methyl sites for hydroxylation is 1. The van der Waals surface area contributed by atoms with E-state index >= 15 is 0 Å². The minimum atomic E-state index is -0.498. The van der Waals surface area contributed by atoms with Gasteiger partial charge in [-0.1, -0.05) is 20.8 Å². The first kappa shape index (κ1) is 15.2. The van der Waals surface area contributed by atoms with Crippen molar-refractivity contribution in [3.05, 3.63) is 18.0 Å². The van der Waals surface area contributed by atoms with E-state index in [0.29, 0.717) is 0 Å². The van der Waals surface area contributed by atoms with Crippen LogP contribution in [0.2, 0.25) is 0 Å². The fourth-order valence-electron chi connectivity index (χ4n) is 2.59. The number of aliphatic hydroxyl groups is 1. The molecule has 2 atom stereocenters. The van der Waals surface area contributed by atoms with Crippen molar-refractivity contribution in [3.63, 3.8) is 0 Å². The van der Waals surface area contributed by atoms with Crippen molar-refractivity contribution in [2.24, 2.45) is 0 Å². The number of rotatable bonds is 7. The maximum absolute atomic E-state index is 10.7. The van der Waals surface area contributed by atoms with E-state index in [-0.39, 0.29) is 5.54 Å². The number of likely N-dealkylation sites (N-methyl/N-ethyl adjacent to an activating group) is 1. The van der Waals surface area contributed by atoms with Crippen molar-refractivity contribution in [3.8, 4) is 0 Å². The molecule has 1 aromatic rings. The summed E-state index contributed by atoms with van der Waals surface area (Å²) < 4.78 is 1.86. The van der Waals surface area contributed by atoms with Crippen molar-refractivity contribution in [2.45, 2.75) is 59.2 Å². The number of hydrogen-bond donors (Lipinski definition) is 1. The van der Waals surface area contributed by atoms with E-state index < -0.39 is 6.10 Å². The zero-order valence-corrected chi connectivity index (χ0v) is 12.3. The van der Waals surface area contributed by atoms with Gasteiger partial charge < -0.3 is 5.11 Å². The molecule has 0 radical (unpaired) electrons. The first-order chi connectivity index (χ1) is 8.53. The monoisotopic (exact) mass is 253 g/mol. The van der Waals surface area contributed by atoms with Crippen LogP contribution >= 0.6 is 0 Å². The highest BCUT2D eigenvalue weighted by Gasteiger charge is 2.37. The lowest BCUT2D eigenvalue weighted by atomic mass is 9.86. The van der Waals surface area contributed by atoms with E-state index in [4.69, 9.17) is 0 Å². The zero-order valence-electron chi connectivity index (χ0n) is 12.3. The van der Waals surface area contributed by atoms with E-state index in [1.807, 2.05) is 17.8 Å². The SMILES string of the molecule is CCN(CC)C(C)(CC)C(O)c1cnn(CC)c1. The molecule has 0 saturated heterocycles. The fourth-order valence-corrected chi connectivity index (χ4v) is 2.59. The molecule has 0 aliphatic heterocycles. The summed E-state index contributed by atoms with van der Waals surface area (Å²) in [5, 5.41) is 14.9. The van der Waals surface area contributed by atoms with E-state index in [1.54, 1.807) is 6.20 Å². The standard InChI is InChI=1S/C14H27N3O/c1-6-14(5,16(7-2)8-3)13(18)12-10-15-17(9-4)11-12/h10-11,13,18H,6-9H2,1-5H3. The van der Waals surface area contributed by atoms with Crippen molar-refractivity contribution in [2.75, 3.05) is 13.1 Å². The zero-order chi connectivity index (χ0) is 13.8. The molecule has 0 amide bonds. The first-order valence-electron chi connectivity index (χ1n) is 6.98. The Kier molecular flexibility index (Phi) is 5.35. The van der Waals surface area contributed by atoms with Crippen LogP contribution in [-0.2, 0) is 6.54 Å². The maximum atomic E-state index is 10.7. The molecule has 0 aliphatic carbocycles. The lowest BCUT2D eigenvalue weighted by Gasteiger charge is -2.43. The molecule has 0 aliphatic rings. The molecule has 18 heavy (non-hydrogen) atoms. The average molecular weight is 253 g/mol. The van der Waals surface area contributed by atoms with Gasteiger partial charge in [-0.25, -0.2) is 0 Å². The van der Waals surface area contributed by atoms with E-state index in [2.05, 4.69) is 37.7 Å². The number of aromatic nitrogens is 2. The van der Waals surface area contributed by atoms with Crippen LogP contribution in [0.4, 0.5) is 0 Å². The Morgan fingerprint density at radius 2 is 1.94 bits per heavy atom. The van der Waals surface area contributed by atoms with Crippen LogP contribution in [0.5, 0.6) is 0 Å². The summed E-state index contributed by atoms with van der Waals surface area (Å²) in [6, 6.07) is 0. The molecule has 1 heterocycles. The highest BCUT2D eigenvalue weighted by molar-refractivity contribution is 5.14. The van der Waals surface area contributed by atoms with Gasteiger partial charge in [-0.05, 0) is 33.4 Å². The molecule has 1 aromatic heterocycles. The number of hydrogen-bond acceptors (Lipinski definition) is 3. The highest BCUT2D eigenvalue weighted by Crippen LogP contribution is 2.33. The van der Waals surface area contributed by atoms with E-state index in [1.165, 1.54) is 0 Å². The van der Waals surface area contributed by atoms with Gasteiger partial charge in [0.05, 0.1) is 6.20 Å². The molecule has 0 bridgehead atoms. The maximum Gasteiger partial charge on any atom is 0.100 e. The minimum absolute atomic E-state index is 0.231. The van der Waals surface area contributed by atoms with E-state index in [9.17, 15) is 5.11 Å². The largest absolute Gasteiger partial charge is 0.386 e. The van der Waals surface area contributed by atoms with Crippen LogP contribution in [0, 0.1) is 0 Å². The number of nitrogens with zero attached hydrogens (tertiary/aromatic N) is 3. The van der Waals surface area contributed by atoms with Crippen LogP contribution < -0.4 is 0 Å². The lowest BCUT2D eigenvalue weighted by Crippen LogP contribution is -2.50. The van der Waals surface area contributed by atoms with Crippen LogP contribution in [0.25, 0.3) is 0 Å². The predicted molar refractivity (Wildman–Crippen MR) is 74.5 cm³/mol. The topological polar surface area (TPSA) is 41.3 Å². The summed E-state index contributed by atoms with van der Waals surface area (Å²) in [5.41, 5.74) is 0.679. The molecule has 104 valence electrons. The Bertz CT molecular complexity index is 360. The normalized spacial score (nSPS) is 16.8. The summed E-state index contributed by atoms with van der Waals surface area (Å²) in [7, 11) is 0. The summed E-state index contributed by atoms with van der Waals surface area (Å²) in [4.78, 5) is 2.32. The molecular weight excluding hydrogens is 226 g/mol. The third kappa shape index (κ3) is 2.75. The Morgan fingerprint density at radius 1 is 1.33 bits per heavy atom. The molecule has 0 saturated carbocycles. The van der Waals surface area contributed by atoms with Gasteiger partial charge in [-0.3, -0.25) is 9.58 Å². The van der Waals surface area contributed by atoms with Crippen LogP contribution in [-0.4, -0.2) is 38.4 Å². The molecular formula is C14H27N3O. The minimum Gasteiger partial charge on any atom is -0.386 e. The van der Waals surface area contributed by atoms with Crippen molar-refractivity contribution in [1.82, 2.24) is 14.7 Å². The van der Waals surface area contributed by atoms with Crippen molar-refractivity contribution < 1.29 is 5.11 Å². The smallest absolute Gasteiger partial charge is 0.100 e. The van der Waals surface area contributed by atoms with E-state index in [0.717, 1.165) is 31.6 Å². The second-order valence-corrected chi connectivity index (χ2v) is 4.91. The van der Waals surface area contributed by atoms with Gasteiger partial charge in [-0.15, -0.1) is 0 Å². The van der Waals surface area contributed by atoms with Gasteiger partial charge in [0.1, 0.15) is 6.10 Å². The second-order valence-electron chi connectivity index (χ2n) is 4.91. The van der Waals surface area contributed by atoms with Crippen LogP contribution in [0.15, 0.2) is 12.4 Å². The Balaban J connectivity index is 2.99.